The van der Waals surface area contributed by atoms with Crippen LogP contribution >= 0.6 is 0 Å². The second-order valence-electron chi connectivity index (χ2n) is 5.70. The Morgan fingerprint density at radius 2 is 1.48 bits per heavy atom. The van der Waals surface area contributed by atoms with Crippen LogP contribution in [0.2, 0.25) is 0 Å². The van der Waals surface area contributed by atoms with E-state index in [9.17, 15) is 16.8 Å². The van der Waals surface area contributed by atoms with Gasteiger partial charge in [0.1, 0.15) is 10.4 Å². The molecule has 0 radical (unpaired) electrons. The van der Waals surface area contributed by atoms with Crippen molar-refractivity contribution in [2.24, 2.45) is 0 Å². The van der Waals surface area contributed by atoms with Crippen molar-refractivity contribution in [1.82, 2.24) is 20.3 Å². The summed E-state index contributed by atoms with van der Waals surface area (Å²) in [6.07, 6.45) is 2.79. The molecule has 4 rings (SSSR count). The maximum absolute atomic E-state index is 12.7. The van der Waals surface area contributed by atoms with Gasteiger partial charge in [0.2, 0.25) is 5.95 Å². The van der Waals surface area contributed by atoms with Gasteiger partial charge < -0.3 is 0 Å². The summed E-state index contributed by atoms with van der Waals surface area (Å²) >= 11 is 0. The van der Waals surface area contributed by atoms with E-state index >= 15 is 0 Å². The number of hydrogen-bond donors (Lipinski definition) is 2. The zero-order valence-electron chi connectivity index (χ0n) is 14.4. The Morgan fingerprint density at radius 1 is 0.759 bits per heavy atom. The van der Waals surface area contributed by atoms with Crippen molar-refractivity contribution in [2.45, 2.75) is 9.79 Å². The molecule has 0 aliphatic rings. The van der Waals surface area contributed by atoms with E-state index in [0.717, 1.165) is 0 Å². The third-order valence-corrected chi connectivity index (χ3v) is 6.50. The maximum atomic E-state index is 12.7. The first-order chi connectivity index (χ1) is 13.9. The number of hydrogen-bond acceptors (Lipinski definition) is 9. The summed E-state index contributed by atoms with van der Waals surface area (Å²) in [5.74, 6) is -0.0772. The lowest BCUT2D eigenvalue weighted by molar-refractivity contribution is 0.315. The largest absolute Gasteiger partial charge is 0.280 e. The van der Waals surface area contributed by atoms with Crippen LogP contribution in [0, 0.1) is 0 Å². The fourth-order valence-electron chi connectivity index (χ4n) is 2.44. The molecule has 2 heterocycles. The maximum Gasteiger partial charge on any atom is 0.264 e. The molecule has 2 N–H and O–H groups in total. The molecule has 13 heteroatoms. The predicted octanol–water partition coefficient (Wildman–Crippen LogP) is 1.61. The first kappa shape index (κ1) is 18.8. The van der Waals surface area contributed by atoms with Crippen LogP contribution in [-0.4, -0.2) is 37.1 Å². The van der Waals surface area contributed by atoms with E-state index < -0.39 is 20.0 Å². The van der Waals surface area contributed by atoms with E-state index in [1.54, 1.807) is 12.1 Å². The fraction of sp³-hybridized carbons (Fsp3) is 0. The number of sulfonamides is 2. The summed E-state index contributed by atoms with van der Waals surface area (Å²) in [6, 6.07) is 11.1. The van der Waals surface area contributed by atoms with Crippen molar-refractivity contribution in [3.63, 3.8) is 0 Å². The number of nitrogens with zero attached hydrogens (tertiary/aromatic N) is 4. The zero-order chi connectivity index (χ0) is 20.5. The van der Waals surface area contributed by atoms with Gasteiger partial charge >= 0.3 is 0 Å². The third-order valence-electron chi connectivity index (χ3n) is 3.75. The minimum absolute atomic E-state index is 0.0772. The standard InChI is InChI=1S/C16H12N6O5S2/c23-28(24,22-16-17-9-2-10-18-16)12-7-5-11(6-8-12)21-29(25,26)14-4-1-3-13-15(14)20-27-19-13/h1-10,21H,(H,17,18,22). The highest BCUT2D eigenvalue weighted by atomic mass is 32.2. The number of benzene rings is 2. The van der Waals surface area contributed by atoms with Crippen LogP contribution in [0.3, 0.4) is 0 Å². The van der Waals surface area contributed by atoms with E-state index in [1.807, 2.05) is 0 Å². The van der Waals surface area contributed by atoms with Crippen molar-refractivity contribution >= 4 is 42.7 Å². The van der Waals surface area contributed by atoms with Crippen LogP contribution in [-0.2, 0) is 20.0 Å². The van der Waals surface area contributed by atoms with Gasteiger partial charge in [0.05, 0.1) is 4.90 Å². The second-order valence-corrected chi connectivity index (χ2v) is 9.03. The predicted molar refractivity (Wildman–Crippen MR) is 102 cm³/mol. The van der Waals surface area contributed by atoms with Crippen molar-refractivity contribution in [3.05, 3.63) is 60.9 Å². The van der Waals surface area contributed by atoms with E-state index in [-0.39, 0.29) is 26.9 Å². The Balaban J connectivity index is 1.57. The minimum Gasteiger partial charge on any atom is -0.280 e. The van der Waals surface area contributed by atoms with E-state index in [1.165, 1.54) is 48.8 Å². The summed E-state index contributed by atoms with van der Waals surface area (Å²) in [5, 5.41) is 7.22. The molecule has 0 spiro atoms. The summed E-state index contributed by atoms with van der Waals surface area (Å²) < 4.78 is 59.3. The van der Waals surface area contributed by atoms with Crippen LogP contribution in [0.15, 0.2) is 75.3 Å². The molecule has 29 heavy (non-hydrogen) atoms. The first-order valence-electron chi connectivity index (χ1n) is 7.99. The van der Waals surface area contributed by atoms with Gasteiger partial charge in [-0.25, -0.2) is 36.2 Å². The van der Waals surface area contributed by atoms with Crippen LogP contribution in [0.25, 0.3) is 11.0 Å². The highest BCUT2D eigenvalue weighted by molar-refractivity contribution is 7.93. The van der Waals surface area contributed by atoms with Gasteiger partial charge in [0, 0.05) is 18.1 Å². The SMILES string of the molecule is O=S(=O)(Nc1ncccn1)c1ccc(NS(=O)(=O)c2cccc3nonc23)cc1. The molecule has 0 fully saturated rings. The van der Waals surface area contributed by atoms with Gasteiger partial charge in [0.25, 0.3) is 20.0 Å². The number of rotatable bonds is 6. The molecule has 0 atom stereocenters. The molecule has 2 aromatic heterocycles. The Kier molecular flexibility index (Phi) is 4.60. The molecule has 148 valence electrons. The topological polar surface area (TPSA) is 157 Å². The molecule has 0 aliphatic carbocycles. The zero-order valence-corrected chi connectivity index (χ0v) is 16.1. The highest BCUT2D eigenvalue weighted by Gasteiger charge is 2.21. The molecule has 0 saturated heterocycles. The number of aromatic nitrogens is 4. The third kappa shape index (κ3) is 3.86. The van der Waals surface area contributed by atoms with Gasteiger partial charge in [-0.3, -0.25) is 4.72 Å². The fourth-order valence-corrected chi connectivity index (χ4v) is 4.61. The average molecular weight is 432 g/mol. The Hall–Kier alpha value is -3.58. The highest BCUT2D eigenvalue weighted by Crippen LogP contribution is 2.23. The van der Waals surface area contributed by atoms with Crippen LogP contribution in [0.1, 0.15) is 0 Å². The number of nitrogens with one attached hydrogen (secondary N) is 2. The van der Waals surface area contributed by atoms with Crippen LogP contribution in [0.5, 0.6) is 0 Å². The Bertz CT molecular complexity index is 1370. The molecule has 0 saturated carbocycles. The minimum atomic E-state index is -4.00. The van der Waals surface area contributed by atoms with Crippen molar-refractivity contribution in [1.29, 1.82) is 0 Å². The van der Waals surface area contributed by atoms with Crippen LogP contribution < -0.4 is 9.44 Å². The lowest BCUT2D eigenvalue weighted by Crippen LogP contribution is -2.16. The molecule has 0 amide bonds. The molecular formula is C16H12N6O5S2. The molecule has 2 aromatic carbocycles. The van der Waals surface area contributed by atoms with Crippen LogP contribution in [0.4, 0.5) is 11.6 Å². The smallest absolute Gasteiger partial charge is 0.264 e. The second kappa shape index (κ2) is 7.10. The van der Waals surface area contributed by atoms with Gasteiger partial charge in [-0.15, -0.1) is 0 Å². The molecule has 0 bridgehead atoms. The lowest BCUT2D eigenvalue weighted by atomic mass is 10.3. The van der Waals surface area contributed by atoms with E-state index in [2.05, 4.69) is 34.4 Å². The Morgan fingerprint density at radius 3 is 2.21 bits per heavy atom. The van der Waals surface area contributed by atoms with Gasteiger partial charge in [-0.1, -0.05) is 6.07 Å². The van der Waals surface area contributed by atoms with E-state index in [0.29, 0.717) is 5.52 Å². The molecule has 11 nitrogen and oxygen atoms in total. The summed E-state index contributed by atoms with van der Waals surface area (Å²) in [5.41, 5.74) is 0.545. The average Bonchev–Trinajstić information content (AvgIpc) is 3.17. The summed E-state index contributed by atoms with van der Waals surface area (Å²) in [7, 11) is -7.93. The first-order valence-corrected chi connectivity index (χ1v) is 11.0. The number of fused-ring (bicyclic) bond motifs is 1. The van der Waals surface area contributed by atoms with Crippen molar-refractivity contribution < 1.29 is 21.5 Å². The normalized spacial score (nSPS) is 12.0. The van der Waals surface area contributed by atoms with Gasteiger partial charge in [0.15, 0.2) is 5.52 Å². The monoisotopic (exact) mass is 432 g/mol. The molecule has 0 unspecified atom stereocenters. The lowest BCUT2D eigenvalue weighted by Gasteiger charge is -2.10. The van der Waals surface area contributed by atoms with Crippen molar-refractivity contribution in [2.75, 3.05) is 9.44 Å². The van der Waals surface area contributed by atoms with Crippen molar-refractivity contribution in [3.8, 4) is 0 Å². The number of anilines is 2. The Labute approximate surface area is 164 Å². The van der Waals surface area contributed by atoms with E-state index in [4.69, 9.17) is 0 Å². The summed E-state index contributed by atoms with van der Waals surface area (Å²) in [6.45, 7) is 0. The molecule has 4 aromatic rings. The molecular weight excluding hydrogens is 420 g/mol. The summed E-state index contributed by atoms with van der Waals surface area (Å²) in [4.78, 5) is 7.39. The van der Waals surface area contributed by atoms with Gasteiger partial charge in [-0.2, -0.15) is 0 Å². The quantitative estimate of drug-likeness (QED) is 0.462. The van der Waals surface area contributed by atoms with Gasteiger partial charge in [-0.05, 0) is 52.8 Å². The molecule has 0 aliphatic heterocycles.